The number of aromatic nitrogens is 1. The molecule has 1 aromatic rings. The van der Waals surface area contributed by atoms with E-state index in [1.54, 1.807) is 13.3 Å². The van der Waals surface area contributed by atoms with Gasteiger partial charge in [0.1, 0.15) is 5.75 Å². The number of methoxy groups -OCH3 is 1. The van der Waals surface area contributed by atoms with Crippen molar-refractivity contribution < 1.29 is 9.53 Å². The van der Waals surface area contributed by atoms with Crippen molar-refractivity contribution in [3.05, 3.63) is 24.0 Å². The molecule has 3 rings (SSSR count). The fraction of sp³-hybridized carbons (Fsp3) is 0.600. The molecular weight excluding hydrogens is 268 g/mol. The molecule has 3 heterocycles. The van der Waals surface area contributed by atoms with Gasteiger partial charge in [0.2, 0.25) is 0 Å². The minimum atomic E-state index is 0.0633. The van der Waals surface area contributed by atoms with Crippen LogP contribution >= 0.6 is 0 Å². The molecule has 1 unspecified atom stereocenters. The van der Waals surface area contributed by atoms with Crippen molar-refractivity contribution in [2.24, 2.45) is 0 Å². The molecule has 6 heteroatoms. The molecule has 1 N–H and O–H groups in total. The van der Waals surface area contributed by atoms with Gasteiger partial charge in [-0.05, 0) is 31.5 Å². The average Bonchev–Trinajstić information content (AvgIpc) is 3.14. The van der Waals surface area contributed by atoms with Gasteiger partial charge in [-0.1, -0.05) is 0 Å². The summed E-state index contributed by atoms with van der Waals surface area (Å²) in [6.45, 7) is 4.36. The molecule has 2 amide bonds. The Kier molecular flexibility index (Phi) is 4.24. The monoisotopic (exact) mass is 290 g/mol. The lowest BCUT2D eigenvalue weighted by molar-refractivity contribution is 0.195. The largest absolute Gasteiger partial charge is 0.495 e. The SMILES string of the molecule is COc1ccc(C2CCCN2CCN2CCNC2=O)nc1. The van der Waals surface area contributed by atoms with E-state index in [-0.39, 0.29) is 6.03 Å². The summed E-state index contributed by atoms with van der Waals surface area (Å²) >= 11 is 0. The number of hydrogen-bond acceptors (Lipinski definition) is 4. The minimum absolute atomic E-state index is 0.0633. The Balaban J connectivity index is 1.60. The lowest BCUT2D eigenvalue weighted by atomic mass is 10.1. The van der Waals surface area contributed by atoms with Gasteiger partial charge in [0.25, 0.3) is 0 Å². The summed E-state index contributed by atoms with van der Waals surface area (Å²) < 4.78 is 5.16. The summed E-state index contributed by atoms with van der Waals surface area (Å²) in [7, 11) is 1.65. The number of likely N-dealkylation sites (tertiary alicyclic amines) is 1. The van der Waals surface area contributed by atoms with Gasteiger partial charge in [0.15, 0.2) is 0 Å². The van der Waals surface area contributed by atoms with E-state index in [0.29, 0.717) is 6.04 Å². The summed E-state index contributed by atoms with van der Waals surface area (Å²) in [5.41, 5.74) is 1.10. The fourth-order valence-corrected chi connectivity index (χ4v) is 3.11. The van der Waals surface area contributed by atoms with Crippen molar-refractivity contribution in [2.75, 3.05) is 39.8 Å². The number of urea groups is 1. The first-order valence-corrected chi connectivity index (χ1v) is 7.54. The van der Waals surface area contributed by atoms with E-state index in [1.165, 1.54) is 6.42 Å². The Bertz CT molecular complexity index is 491. The van der Waals surface area contributed by atoms with Crippen molar-refractivity contribution in [1.29, 1.82) is 0 Å². The van der Waals surface area contributed by atoms with Crippen molar-refractivity contribution >= 4 is 6.03 Å². The van der Waals surface area contributed by atoms with Crippen LogP contribution in [-0.2, 0) is 0 Å². The van der Waals surface area contributed by atoms with E-state index in [2.05, 4.69) is 15.2 Å². The van der Waals surface area contributed by atoms with E-state index < -0.39 is 0 Å². The van der Waals surface area contributed by atoms with Gasteiger partial charge in [0.05, 0.1) is 25.0 Å². The molecule has 1 aromatic heterocycles. The third-order valence-corrected chi connectivity index (χ3v) is 4.30. The van der Waals surface area contributed by atoms with Crippen LogP contribution in [-0.4, -0.2) is 60.6 Å². The molecule has 1 atom stereocenters. The fourth-order valence-electron chi connectivity index (χ4n) is 3.11. The molecule has 0 radical (unpaired) electrons. The highest BCUT2D eigenvalue weighted by molar-refractivity contribution is 5.76. The Labute approximate surface area is 125 Å². The summed E-state index contributed by atoms with van der Waals surface area (Å²) in [5, 5.41) is 2.84. The molecule has 114 valence electrons. The zero-order valence-corrected chi connectivity index (χ0v) is 12.4. The first kappa shape index (κ1) is 14.1. The zero-order valence-electron chi connectivity index (χ0n) is 12.4. The number of carbonyl (C=O) groups is 1. The average molecular weight is 290 g/mol. The molecule has 2 aliphatic heterocycles. The van der Waals surface area contributed by atoms with Crippen LogP contribution in [0.15, 0.2) is 18.3 Å². The Morgan fingerprint density at radius 1 is 1.38 bits per heavy atom. The van der Waals surface area contributed by atoms with Crippen LogP contribution < -0.4 is 10.1 Å². The third-order valence-electron chi connectivity index (χ3n) is 4.30. The third kappa shape index (κ3) is 3.10. The van der Waals surface area contributed by atoms with Gasteiger partial charge in [-0.3, -0.25) is 9.88 Å². The second kappa shape index (κ2) is 6.30. The molecule has 6 nitrogen and oxygen atoms in total. The summed E-state index contributed by atoms with van der Waals surface area (Å²) in [6, 6.07) is 4.44. The summed E-state index contributed by atoms with van der Waals surface area (Å²) in [4.78, 5) is 20.4. The van der Waals surface area contributed by atoms with E-state index in [4.69, 9.17) is 4.74 Å². The first-order chi connectivity index (χ1) is 10.3. The van der Waals surface area contributed by atoms with Crippen molar-refractivity contribution in [1.82, 2.24) is 20.1 Å². The predicted octanol–water partition coefficient (Wildman–Crippen LogP) is 1.25. The Morgan fingerprint density at radius 2 is 2.29 bits per heavy atom. The van der Waals surface area contributed by atoms with E-state index in [9.17, 15) is 4.79 Å². The van der Waals surface area contributed by atoms with Gasteiger partial charge in [-0.25, -0.2) is 4.79 Å². The highest BCUT2D eigenvalue weighted by Crippen LogP contribution is 2.30. The maximum absolute atomic E-state index is 11.6. The number of rotatable bonds is 5. The quantitative estimate of drug-likeness (QED) is 0.887. The molecule has 0 spiro atoms. The number of nitrogens with one attached hydrogen (secondary N) is 1. The summed E-state index contributed by atoms with van der Waals surface area (Å²) in [5.74, 6) is 0.789. The van der Waals surface area contributed by atoms with E-state index in [1.807, 2.05) is 17.0 Å². The van der Waals surface area contributed by atoms with Gasteiger partial charge in [0, 0.05) is 26.2 Å². The van der Waals surface area contributed by atoms with Crippen molar-refractivity contribution in [3.8, 4) is 5.75 Å². The van der Waals surface area contributed by atoms with Gasteiger partial charge < -0.3 is 15.0 Å². The standard InChI is InChI=1S/C15H22N4O2/c1-21-12-4-5-13(17-11-12)14-3-2-7-18(14)9-10-19-8-6-16-15(19)20/h4-5,11,14H,2-3,6-10H2,1H3,(H,16,20). The van der Waals surface area contributed by atoms with Crippen LogP contribution in [0.3, 0.4) is 0 Å². The molecule has 2 fully saturated rings. The van der Waals surface area contributed by atoms with Crippen LogP contribution in [0.5, 0.6) is 5.75 Å². The predicted molar refractivity (Wildman–Crippen MR) is 79.3 cm³/mol. The smallest absolute Gasteiger partial charge is 0.317 e. The number of ether oxygens (including phenoxy) is 1. The number of carbonyl (C=O) groups excluding carboxylic acids is 1. The molecule has 2 saturated heterocycles. The number of pyridine rings is 1. The minimum Gasteiger partial charge on any atom is -0.495 e. The van der Waals surface area contributed by atoms with Crippen LogP contribution in [0, 0.1) is 0 Å². The van der Waals surface area contributed by atoms with Gasteiger partial charge in [-0.2, -0.15) is 0 Å². The van der Waals surface area contributed by atoms with Gasteiger partial charge in [-0.15, -0.1) is 0 Å². The van der Waals surface area contributed by atoms with Crippen LogP contribution in [0.4, 0.5) is 4.79 Å². The normalized spacial score (nSPS) is 22.6. The molecule has 0 aromatic carbocycles. The topological polar surface area (TPSA) is 57.7 Å². The van der Waals surface area contributed by atoms with E-state index in [0.717, 1.165) is 50.6 Å². The van der Waals surface area contributed by atoms with Crippen molar-refractivity contribution in [3.63, 3.8) is 0 Å². The Hall–Kier alpha value is -1.82. The lowest BCUT2D eigenvalue weighted by Crippen LogP contribution is -2.36. The molecule has 21 heavy (non-hydrogen) atoms. The molecule has 0 saturated carbocycles. The van der Waals surface area contributed by atoms with Crippen molar-refractivity contribution in [2.45, 2.75) is 18.9 Å². The number of nitrogens with zero attached hydrogens (tertiary/aromatic N) is 3. The molecule has 0 aliphatic carbocycles. The molecular formula is C15H22N4O2. The summed E-state index contributed by atoms with van der Waals surface area (Å²) in [6.07, 6.45) is 4.09. The second-order valence-electron chi connectivity index (χ2n) is 5.54. The molecule has 2 aliphatic rings. The maximum Gasteiger partial charge on any atom is 0.317 e. The van der Waals surface area contributed by atoms with Gasteiger partial charge >= 0.3 is 6.03 Å². The molecule has 0 bridgehead atoms. The highest BCUT2D eigenvalue weighted by Gasteiger charge is 2.28. The maximum atomic E-state index is 11.6. The zero-order chi connectivity index (χ0) is 14.7. The van der Waals surface area contributed by atoms with Crippen LogP contribution in [0.1, 0.15) is 24.6 Å². The van der Waals surface area contributed by atoms with E-state index >= 15 is 0 Å². The Morgan fingerprint density at radius 3 is 2.95 bits per heavy atom. The first-order valence-electron chi connectivity index (χ1n) is 7.54. The highest BCUT2D eigenvalue weighted by atomic mass is 16.5. The van der Waals surface area contributed by atoms with Crippen LogP contribution in [0.2, 0.25) is 0 Å². The number of hydrogen-bond donors (Lipinski definition) is 1. The number of amides is 2. The lowest BCUT2D eigenvalue weighted by Gasteiger charge is -2.26. The van der Waals surface area contributed by atoms with Crippen LogP contribution in [0.25, 0.3) is 0 Å². The second-order valence-corrected chi connectivity index (χ2v) is 5.54.